The van der Waals surface area contributed by atoms with Crippen molar-refractivity contribution in [3.05, 3.63) is 59.9 Å². The molecule has 1 aromatic heterocycles. The number of aromatic nitrogens is 1. The second-order valence-electron chi connectivity index (χ2n) is 9.59. The SMILES string of the molecule is C[C@H]1OC(=O)[C@]2([C@@H](C)C(N)=O)CC(F)(F)[C@@H](C)[C@H](/C=C/c3ccc(-c4ccccc4C#N)cn3)[C@H]12. The van der Waals surface area contributed by atoms with Crippen molar-refractivity contribution in [1.29, 1.82) is 5.26 Å². The van der Waals surface area contributed by atoms with Crippen LogP contribution in [0.1, 0.15) is 38.4 Å². The number of hydrogen-bond acceptors (Lipinski definition) is 5. The summed E-state index contributed by atoms with van der Waals surface area (Å²) in [4.78, 5) is 29.4. The van der Waals surface area contributed by atoms with Crippen molar-refractivity contribution >= 4 is 18.0 Å². The number of nitrogens with zero attached hydrogens (tertiary/aromatic N) is 2. The predicted molar refractivity (Wildman–Crippen MR) is 125 cm³/mol. The molecule has 35 heavy (non-hydrogen) atoms. The molecule has 0 bridgehead atoms. The zero-order chi connectivity index (χ0) is 25.5. The minimum Gasteiger partial charge on any atom is -0.462 e. The number of cyclic esters (lactones) is 1. The van der Waals surface area contributed by atoms with Crippen LogP contribution >= 0.6 is 0 Å². The lowest BCUT2D eigenvalue weighted by molar-refractivity contribution is -0.182. The highest BCUT2D eigenvalue weighted by Crippen LogP contribution is 2.62. The van der Waals surface area contributed by atoms with Crippen LogP contribution in [0.15, 0.2) is 48.7 Å². The van der Waals surface area contributed by atoms with Gasteiger partial charge in [0.25, 0.3) is 5.92 Å². The molecule has 1 saturated carbocycles. The number of ether oxygens (including phenoxy) is 1. The van der Waals surface area contributed by atoms with E-state index in [0.29, 0.717) is 11.3 Å². The molecule has 1 amide bonds. The molecule has 1 saturated heterocycles. The zero-order valence-corrected chi connectivity index (χ0v) is 19.7. The van der Waals surface area contributed by atoms with E-state index in [2.05, 4.69) is 11.1 Å². The number of benzene rings is 1. The lowest BCUT2D eigenvalue weighted by atomic mass is 9.52. The van der Waals surface area contributed by atoms with E-state index in [0.717, 1.165) is 11.1 Å². The third-order valence-corrected chi connectivity index (χ3v) is 7.79. The van der Waals surface area contributed by atoms with Gasteiger partial charge in [0.2, 0.25) is 5.91 Å². The Balaban J connectivity index is 1.69. The fraction of sp³-hybridized carbons (Fsp3) is 0.407. The highest BCUT2D eigenvalue weighted by Gasteiger charge is 2.70. The number of pyridine rings is 1. The zero-order valence-electron chi connectivity index (χ0n) is 19.7. The Morgan fingerprint density at radius 3 is 2.63 bits per heavy atom. The van der Waals surface area contributed by atoms with E-state index in [-0.39, 0.29) is 0 Å². The molecule has 1 aliphatic heterocycles. The summed E-state index contributed by atoms with van der Waals surface area (Å²) in [6.07, 6.45) is 3.51. The lowest BCUT2D eigenvalue weighted by Gasteiger charge is -2.49. The van der Waals surface area contributed by atoms with E-state index in [1.165, 1.54) is 13.8 Å². The van der Waals surface area contributed by atoms with Gasteiger partial charge in [-0.3, -0.25) is 14.6 Å². The third-order valence-electron chi connectivity index (χ3n) is 7.79. The van der Waals surface area contributed by atoms with Gasteiger partial charge in [0, 0.05) is 35.6 Å². The van der Waals surface area contributed by atoms with Gasteiger partial charge in [-0.05, 0) is 31.1 Å². The van der Waals surface area contributed by atoms with E-state index in [1.807, 2.05) is 18.2 Å². The van der Waals surface area contributed by atoms with Crippen LogP contribution in [0.4, 0.5) is 8.78 Å². The molecule has 2 N–H and O–H groups in total. The quantitative estimate of drug-likeness (QED) is 0.631. The fourth-order valence-corrected chi connectivity index (χ4v) is 5.76. The van der Waals surface area contributed by atoms with Crippen LogP contribution in [0.3, 0.4) is 0 Å². The van der Waals surface area contributed by atoms with Gasteiger partial charge in [-0.1, -0.05) is 44.2 Å². The van der Waals surface area contributed by atoms with Crippen LogP contribution in [-0.2, 0) is 14.3 Å². The van der Waals surface area contributed by atoms with E-state index in [9.17, 15) is 14.9 Å². The van der Waals surface area contributed by atoms with Crippen LogP contribution in [0.2, 0.25) is 0 Å². The molecule has 0 unspecified atom stereocenters. The summed E-state index contributed by atoms with van der Waals surface area (Å²) in [5.41, 5.74) is 6.39. The number of rotatable bonds is 5. The van der Waals surface area contributed by atoms with Gasteiger partial charge in [-0.25, -0.2) is 8.78 Å². The summed E-state index contributed by atoms with van der Waals surface area (Å²) in [6, 6.07) is 12.9. The Kier molecular flexibility index (Phi) is 6.22. The van der Waals surface area contributed by atoms with E-state index in [1.54, 1.807) is 43.5 Å². The normalized spacial score (nSPS) is 30.3. The smallest absolute Gasteiger partial charge is 0.313 e. The van der Waals surface area contributed by atoms with Gasteiger partial charge >= 0.3 is 5.97 Å². The van der Waals surface area contributed by atoms with E-state index < -0.39 is 59.4 Å². The first-order valence-electron chi connectivity index (χ1n) is 11.5. The average Bonchev–Trinajstić information content (AvgIpc) is 3.08. The maximum atomic E-state index is 15.3. The maximum absolute atomic E-state index is 15.3. The van der Waals surface area contributed by atoms with Crippen LogP contribution in [0, 0.1) is 40.4 Å². The average molecular weight is 480 g/mol. The molecule has 2 aliphatic rings. The summed E-state index contributed by atoms with van der Waals surface area (Å²) in [7, 11) is 0. The number of amides is 1. The van der Waals surface area contributed by atoms with E-state index in [4.69, 9.17) is 10.5 Å². The van der Waals surface area contributed by atoms with Crippen LogP contribution in [0.25, 0.3) is 17.2 Å². The van der Waals surface area contributed by atoms with Gasteiger partial charge in [0.05, 0.1) is 28.7 Å². The first kappa shape index (κ1) is 24.5. The minimum atomic E-state index is -3.20. The molecule has 1 aromatic carbocycles. The number of carbonyl (C=O) groups excluding carboxylic acids is 2. The Morgan fingerprint density at radius 2 is 2.00 bits per heavy atom. The van der Waals surface area contributed by atoms with Crippen molar-refractivity contribution in [2.75, 3.05) is 0 Å². The second kappa shape index (κ2) is 8.88. The number of halogens is 2. The van der Waals surface area contributed by atoms with Crippen molar-refractivity contribution in [2.24, 2.45) is 34.8 Å². The molecule has 4 rings (SSSR count). The lowest BCUT2D eigenvalue weighted by Crippen LogP contribution is -2.58. The molecule has 182 valence electrons. The maximum Gasteiger partial charge on any atom is 0.313 e. The molecule has 6 atom stereocenters. The fourth-order valence-electron chi connectivity index (χ4n) is 5.76. The molecule has 0 radical (unpaired) electrons. The Hall–Kier alpha value is -3.60. The number of alkyl halides is 2. The predicted octanol–water partition coefficient (Wildman–Crippen LogP) is 4.59. The van der Waals surface area contributed by atoms with Gasteiger partial charge in [-0.2, -0.15) is 5.26 Å². The van der Waals surface area contributed by atoms with Crippen molar-refractivity contribution in [3.63, 3.8) is 0 Å². The first-order chi connectivity index (χ1) is 16.5. The summed E-state index contributed by atoms with van der Waals surface area (Å²) < 4.78 is 36.0. The van der Waals surface area contributed by atoms with E-state index >= 15 is 8.78 Å². The first-order valence-corrected chi connectivity index (χ1v) is 11.5. The molecule has 2 fully saturated rings. The molecular formula is C27H27F2N3O3. The molecule has 1 aliphatic carbocycles. The van der Waals surface area contributed by atoms with Crippen molar-refractivity contribution in [1.82, 2.24) is 4.98 Å². The van der Waals surface area contributed by atoms with Gasteiger partial charge in [0.1, 0.15) is 6.10 Å². The summed E-state index contributed by atoms with van der Waals surface area (Å²) >= 11 is 0. The van der Waals surface area contributed by atoms with Crippen molar-refractivity contribution in [2.45, 2.75) is 39.2 Å². The number of allylic oxidation sites excluding steroid dienone is 1. The van der Waals surface area contributed by atoms with Crippen molar-refractivity contribution in [3.8, 4) is 17.2 Å². The largest absolute Gasteiger partial charge is 0.462 e. The van der Waals surface area contributed by atoms with Crippen molar-refractivity contribution < 1.29 is 23.1 Å². The molecule has 6 nitrogen and oxygen atoms in total. The number of primary amides is 1. The number of hydrogen-bond donors (Lipinski definition) is 1. The third kappa shape index (κ3) is 3.99. The molecule has 8 heteroatoms. The Morgan fingerprint density at radius 1 is 1.29 bits per heavy atom. The summed E-state index contributed by atoms with van der Waals surface area (Å²) in [5, 5.41) is 9.33. The number of nitriles is 1. The van der Waals surface area contributed by atoms with Gasteiger partial charge < -0.3 is 10.5 Å². The van der Waals surface area contributed by atoms with Crippen LogP contribution in [0.5, 0.6) is 0 Å². The molecule has 0 spiro atoms. The van der Waals surface area contributed by atoms with Gasteiger partial charge in [0.15, 0.2) is 0 Å². The molecule has 2 heterocycles. The number of fused-ring (bicyclic) bond motifs is 1. The summed E-state index contributed by atoms with van der Waals surface area (Å²) in [5.74, 6) is -8.36. The standard InChI is InChI=1S/C27H27F2N3O3/c1-15-21(11-10-20-9-8-19(13-32-20)22-7-5-4-6-18(22)12-30)23-17(3)35-25(34)26(23,14-27(15,28)29)16(2)24(31)33/h4-11,13,15-17,21,23H,14H2,1-3H3,(H2,31,33)/b11-10+/t15-,16-,17+,21-,23-,26-/m0/s1. The monoisotopic (exact) mass is 479 g/mol. The van der Waals surface area contributed by atoms with Crippen LogP contribution < -0.4 is 5.73 Å². The number of esters is 1. The van der Waals surface area contributed by atoms with Gasteiger partial charge in [-0.15, -0.1) is 0 Å². The topological polar surface area (TPSA) is 106 Å². The highest BCUT2D eigenvalue weighted by molar-refractivity contribution is 5.89. The molecular weight excluding hydrogens is 452 g/mol. The Labute approximate surface area is 202 Å². The number of nitrogens with two attached hydrogens (primary N) is 1. The number of carbonyl (C=O) groups is 2. The van der Waals surface area contributed by atoms with Crippen LogP contribution in [-0.4, -0.2) is 28.9 Å². The highest BCUT2D eigenvalue weighted by atomic mass is 19.3. The second-order valence-corrected chi connectivity index (χ2v) is 9.59. The Bertz CT molecular complexity index is 1220. The minimum absolute atomic E-state index is 0.524. The molecule has 2 aromatic rings. The summed E-state index contributed by atoms with van der Waals surface area (Å²) in [6.45, 7) is 4.56.